The Morgan fingerprint density at radius 1 is 1.19 bits per heavy atom. The van der Waals surface area contributed by atoms with Crippen molar-refractivity contribution in [3.05, 3.63) is 77.5 Å². The van der Waals surface area contributed by atoms with Crippen LogP contribution in [0.3, 0.4) is 0 Å². The molecule has 8 heteroatoms. The number of carbonyl (C=O) groups is 1. The van der Waals surface area contributed by atoms with E-state index in [0.717, 1.165) is 23.5 Å². The topological polar surface area (TPSA) is 100 Å². The maximum absolute atomic E-state index is 13.6. The Morgan fingerprint density at radius 2 is 1.86 bits per heavy atom. The number of hydrogen-bond acceptors (Lipinski definition) is 5. The van der Waals surface area contributed by atoms with Crippen LogP contribution in [0, 0.1) is 6.92 Å². The number of para-hydroxylation sites is 1. The number of urea groups is 1. The molecule has 4 N–H and O–H groups in total. The Morgan fingerprint density at radius 3 is 2.50 bits per heavy atom. The first-order valence-electron chi connectivity index (χ1n) is 12.4. The van der Waals surface area contributed by atoms with E-state index in [1.54, 1.807) is 11.8 Å². The first-order valence-corrected chi connectivity index (χ1v) is 12.4. The van der Waals surface area contributed by atoms with E-state index >= 15 is 0 Å². The quantitative estimate of drug-likeness (QED) is 0.365. The number of hydrogen-bond donors (Lipinski definition) is 4. The average Bonchev–Trinajstić information content (AvgIpc) is 3.45. The van der Waals surface area contributed by atoms with Gasteiger partial charge in [0.15, 0.2) is 0 Å². The van der Waals surface area contributed by atoms with E-state index in [4.69, 9.17) is 9.84 Å². The third-order valence-electron chi connectivity index (χ3n) is 7.16. The molecule has 1 saturated heterocycles. The van der Waals surface area contributed by atoms with E-state index in [1.807, 2.05) is 69.3 Å². The fourth-order valence-electron chi connectivity index (χ4n) is 5.10. The van der Waals surface area contributed by atoms with Gasteiger partial charge in [0.05, 0.1) is 23.5 Å². The molecule has 36 heavy (non-hydrogen) atoms. The predicted molar refractivity (Wildman–Crippen MR) is 142 cm³/mol. The second-order valence-electron chi connectivity index (χ2n) is 10.2. The number of anilines is 1. The molecular weight excluding hydrogens is 454 g/mol. The number of nitrogens with one attached hydrogen (secondary N) is 3. The first kappa shape index (κ1) is 25.9. The molecule has 1 aliphatic rings. The van der Waals surface area contributed by atoms with Gasteiger partial charge in [-0.05, 0) is 31.0 Å². The van der Waals surface area contributed by atoms with Gasteiger partial charge < -0.3 is 20.5 Å². The van der Waals surface area contributed by atoms with Gasteiger partial charge in [0, 0.05) is 43.7 Å². The van der Waals surface area contributed by atoms with Gasteiger partial charge in [0.1, 0.15) is 5.82 Å². The molecule has 0 radical (unpaired) electrons. The van der Waals surface area contributed by atoms with E-state index in [9.17, 15) is 9.90 Å². The highest BCUT2D eigenvalue weighted by molar-refractivity contribution is 5.90. The van der Waals surface area contributed by atoms with Crippen LogP contribution < -0.4 is 16.0 Å². The minimum absolute atomic E-state index is 0.0597. The zero-order valence-corrected chi connectivity index (χ0v) is 21.5. The summed E-state index contributed by atoms with van der Waals surface area (Å²) in [5.41, 5.74) is 2.49. The second kappa shape index (κ2) is 10.8. The van der Waals surface area contributed by atoms with Gasteiger partial charge in [-0.3, -0.25) is 5.32 Å². The van der Waals surface area contributed by atoms with Crippen LogP contribution in [0.5, 0.6) is 0 Å². The molecule has 2 amide bonds. The zero-order valence-electron chi connectivity index (χ0n) is 21.5. The summed E-state index contributed by atoms with van der Waals surface area (Å²) in [6, 6.07) is 19.7. The molecule has 2 aromatic carbocycles. The monoisotopic (exact) mass is 491 g/mol. The summed E-state index contributed by atoms with van der Waals surface area (Å²) >= 11 is 0. The molecular formula is C28H37N5O3. The fraction of sp³-hybridized carbons (Fsp3) is 0.429. The Kier molecular flexibility index (Phi) is 7.78. The molecule has 1 fully saturated rings. The van der Waals surface area contributed by atoms with E-state index in [-0.39, 0.29) is 18.6 Å². The van der Waals surface area contributed by atoms with Crippen molar-refractivity contribution in [2.75, 3.05) is 38.7 Å². The van der Waals surface area contributed by atoms with E-state index in [1.165, 1.54) is 5.56 Å². The molecule has 0 bridgehead atoms. The maximum Gasteiger partial charge on any atom is 0.320 e. The van der Waals surface area contributed by atoms with Gasteiger partial charge in [-0.2, -0.15) is 5.10 Å². The number of methoxy groups -OCH3 is 1. The zero-order chi connectivity index (χ0) is 25.8. The van der Waals surface area contributed by atoms with Crippen LogP contribution in [0.25, 0.3) is 5.69 Å². The molecule has 2 atom stereocenters. The van der Waals surface area contributed by atoms with Crippen molar-refractivity contribution >= 4 is 11.8 Å². The lowest BCUT2D eigenvalue weighted by molar-refractivity contribution is 0.155. The lowest BCUT2D eigenvalue weighted by Crippen LogP contribution is -2.55. The molecule has 1 aliphatic heterocycles. The third-order valence-corrected chi connectivity index (χ3v) is 7.16. The van der Waals surface area contributed by atoms with Gasteiger partial charge in [-0.1, -0.05) is 62.4 Å². The molecule has 3 aromatic rings. The highest BCUT2D eigenvalue weighted by Gasteiger charge is 2.45. The number of benzene rings is 2. The van der Waals surface area contributed by atoms with Gasteiger partial charge in [-0.15, -0.1) is 0 Å². The minimum atomic E-state index is -0.565. The summed E-state index contributed by atoms with van der Waals surface area (Å²) < 4.78 is 7.17. The standard InChI is InChI=1S/C28H37N5O3/c1-20-24(27(2,3)19-34)32-33(22-13-9-6-10-14-22)25(20)30-26(35)31-28(15-16-36-4)18-29-17-23(28)21-11-7-5-8-12-21/h5-14,23,29,34H,15-19H2,1-4H3,(H2,30,31,35)/t23-,28+/m0/s1. The van der Waals surface area contributed by atoms with Crippen molar-refractivity contribution in [1.82, 2.24) is 20.4 Å². The lowest BCUT2D eigenvalue weighted by Gasteiger charge is -2.36. The number of aliphatic hydroxyl groups excluding tert-OH is 1. The van der Waals surface area contributed by atoms with Crippen molar-refractivity contribution in [2.24, 2.45) is 0 Å². The molecule has 0 spiro atoms. The van der Waals surface area contributed by atoms with Gasteiger partial charge in [-0.25, -0.2) is 9.48 Å². The number of nitrogens with zero attached hydrogens (tertiary/aromatic N) is 2. The maximum atomic E-state index is 13.6. The van der Waals surface area contributed by atoms with Crippen molar-refractivity contribution in [3.63, 3.8) is 0 Å². The van der Waals surface area contributed by atoms with Crippen LogP contribution >= 0.6 is 0 Å². The summed E-state index contributed by atoms with van der Waals surface area (Å²) in [5, 5.41) is 24.7. The largest absolute Gasteiger partial charge is 0.395 e. The summed E-state index contributed by atoms with van der Waals surface area (Å²) in [4.78, 5) is 13.6. The molecule has 0 saturated carbocycles. The summed E-state index contributed by atoms with van der Waals surface area (Å²) in [6.45, 7) is 7.69. The highest BCUT2D eigenvalue weighted by Crippen LogP contribution is 2.35. The van der Waals surface area contributed by atoms with Crippen molar-refractivity contribution in [1.29, 1.82) is 0 Å². The van der Waals surface area contributed by atoms with E-state index in [0.29, 0.717) is 25.4 Å². The van der Waals surface area contributed by atoms with Crippen LogP contribution in [-0.2, 0) is 10.2 Å². The number of aromatic nitrogens is 2. The van der Waals surface area contributed by atoms with E-state index < -0.39 is 11.0 Å². The lowest BCUT2D eigenvalue weighted by atomic mass is 9.79. The summed E-state index contributed by atoms with van der Waals surface area (Å²) in [6.07, 6.45) is 0.670. The Labute approximate surface area is 213 Å². The summed E-state index contributed by atoms with van der Waals surface area (Å²) in [5.74, 6) is 0.683. The van der Waals surface area contributed by atoms with Gasteiger partial charge in [0.2, 0.25) is 0 Å². The Balaban J connectivity index is 1.67. The van der Waals surface area contributed by atoms with Crippen molar-refractivity contribution in [2.45, 2.75) is 44.1 Å². The van der Waals surface area contributed by atoms with Gasteiger partial charge >= 0.3 is 6.03 Å². The van der Waals surface area contributed by atoms with Crippen LogP contribution in [-0.4, -0.2) is 59.9 Å². The smallest absolute Gasteiger partial charge is 0.320 e. The minimum Gasteiger partial charge on any atom is -0.395 e. The number of aliphatic hydroxyl groups is 1. The van der Waals surface area contributed by atoms with Crippen LogP contribution in [0.1, 0.15) is 43.0 Å². The molecule has 0 aliphatic carbocycles. The number of amides is 2. The molecule has 2 heterocycles. The number of rotatable bonds is 9. The fourth-order valence-corrected chi connectivity index (χ4v) is 5.10. The van der Waals surface area contributed by atoms with E-state index in [2.05, 4.69) is 28.1 Å². The van der Waals surface area contributed by atoms with Crippen LogP contribution in [0.2, 0.25) is 0 Å². The highest BCUT2D eigenvalue weighted by atomic mass is 16.5. The molecule has 1 aromatic heterocycles. The Hall–Kier alpha value is -3.20. The van der Waals surface area contributed by atoms with Crippen LogP contribution in [0.15, 0.2) is 60.7 Å². The molecule has 8 nitrogen and oxygen atoms in total. The Bertz CT molecular complexity index is 1160. The second-order valence-corrected chi connectivity index (χ2v) is 10.2. The number of carbonyl (C=O) groups excluding carboxylic acids is 1. The van der Waals surface area contributed by atoms with Crippen molar-refractivity contribution in [3.8, 4) is 5.69 Å². The molecule has 0 unspecified atom stereocenters. The van der Waals surface area contributed by atoms with Gasteiger partial charge in [0.25, 0.3) is 0 Å². The van der Waals surface area contributed by atoms with Crippen LogP contribution in [0.4, 0.5) is 10.6 Å². The number of ether oxygens (including phenoxy) is 1. The normalized spacial score (nSPS) is 19.9. The predicted octanol–water partition coefficient (Wildman–Crippen LogP) is 3.73. The average molecular weight is 492 g/mol. The first-order chi connectivity index (χ1) is 17.3. The molecule has 192 valence electrons. The summed E-state index contributed by atoms with van der Waals surface area (Å²) in [7, 11) is 1.68. The third kappa shape index (κ3) is 5.16. The molecule has 4 rings (SSSR count). The van der Waals surface area contributed by atoms with Crippen molar-refractivity contribution < 1.29 is 14.6 Å². The SMILES string of the molecule is COCC[C@@]1(NC(=O)Nc2c(C)c(C(C)(C)CO)nn2-c2ccccc2)CNC[C@H]1c1ccccc1.